The molecule has 2 aromatic rings. The molecule has 6 heteroatoms. The normalized spacial score (nSPS) is 18.9. The zero-order valence-corrected chi connectivity index (χ0v) is 13.9. The van der Waals surface area contributed by atoms with Crippen molar-refractivity contribution >= 4 is 17.3 Å². The monoisotopic (exact) mass is 332 g/mol. The number of morpholine rings is 1. The number of carboxylic acid groups (broad SMARTS) is 1. The lowest BCUT2D eigenvalue weighted by Gasteiger charge is -2.34. The first-order valence-corrected chi connectivity index (χ1v) is 8.49. The van der Waals surface area contributed by atoms with E-state index in [1.807, 2.05) is 18.3 Å². The molecule has 1 N–H and O–H groups in total. The second-order valence-electron chi connectivity index (χ2n) is 5.74. The molecule has 23 heavy (non-hydrogen) atoms. The van der Waals surface area contributed by atoms with Gasteiger partial charge in [-0.1, -0.05) is 24.3 Å². The van der Waals surface area contributed by atoms with E-state index in [0.29, 0.717) is 13.2 Å². The van der Waals surface area contributed by atoms with Crippen LogP contribution in [0.2, 0.25) is 0 Å². The highest BCUT2D eigenvalue weighted by Gasteiger charge is 2.25. The second-order valence-corrected chi connectivity index (χ2v) is 6.86. The predicted octanol–water partition coefficient (Wildman–Crippen LogP) is 2.79. The van der Waals surface area contributed by atoms with Gasteiger partial charge in [-0.2, -0.15) is 0 Å². The third-order valence-electron chi connectivity index (χ3n) is 4.05. The van der Waals surface area contributed by atoms with Crippen LogP contribution in [0.5, 0.6) is 0 Å². The summed E-state index contributed by atoms with van der Waals surface area (Å²) < 4.78 is 5.42. The summed E-state index contributed by atoms with van der Waals surface area (Å²) in [6.07, 6.45) is 2.02. The number of benzene rings is 1. The maximum absolute atomic E-state index is 11.0. The Balaban J connectivity index is 1.73. The van der Waals surface area contributed by atoms with Crippen LogP contribution in [-0.2, 0) is 16.1 Å². The van der Waals surface area contributed by atoms with Crippen molar-refractivity contribution in [2.45, 2.75) is 25.9 Å². The number of aryl methyl sites for hydroxylation is 1. The number of aromatic nitrogens is 1. The van der Waals surface area contributed by atoms with Gasteiger partial charge in [0.05, 0.1) is 19.6 Å². The lowest BCUT2D eigenvalue weighted by molar-refractivity contribution is -0.140. The van der Waals surface area contributed by atoms with E-state index < -0.39 is 5.97 Å². The van der Waals surface area contributed by atoms with Gasteiger partial charge < -0.3 is 9.84 Å². The number of rotatable bonds is 5. The van der Waals surface area contributed by atoms with Gasteiger partial charge in [0.15, 0.2) is 0 Å². The quantitative estimate of drug-likeness (QED) is 0.912. The minimum absolute atomic E-state index is 0.0646. The molecule has 0 saturated carbocycles. The van der Waals surface area contributed by atoms with E-state index in [1.165, 1.54) is 5.56 Å². The van der Waals surface area contributed by atoms with E-state index in [9.17, 15) is 4.79 Å². The minimum atomic E-state index is -0.782. The maximum Gasteiger partial charge on any atom is 0.305 e. The van der Waals surface area contributed by atoms with Crippen molar-refractivity contribution in [3.05, 3.63) is 40.9 Å². The topological polar surface area (TPSA) is 62.7 Å². The molecule has 122 valence electrons. The Labute approximate surface area is 139 Å². The van der Waals surface area contributed by atoms with Crippen molar-refractivity contribution in [2.75, 3.05) is 19.8 Å². The first-order chi connectivity index (χ1) is 11.1. The largest absolute Gasteiger partial charge is 0.481 e. The summed E-state index contributed by atoms with van der Waals surface area (Å²) in [6.45, 7) is 4.71. The molecule has 0 unspecified atom stereocenters. The average Bonchev–Trinajstić information content (AvgIpc) is 2.97. The lowest BCUT2D eigenvalue weighted by atomic mass is 10.1. The summed E-state index contributed by atoms with van der Waals surface area (Å²) in [5.41, 5.74) is 2.37. The first kappa shape index (κ1) is 16.1. The number of carbonyl (C=O) groups is 1. The number of aliphatic carboxylic acids is 1. The molecule has 0 aliphatic carbocycles. The van der Waals surface area contributed by atoms with E-state index >= 15 is 0 Å². The fraction of sp³-hybridized carbons (Fsp3) is 0.412. The summed E-state index contributed by atoms with van der Waals surface area (Å²) in [7, 11) is 0. The SMILES string of the molecule is Cc1ccccc1-c1ncc(CN2CCOC[C@H]2CC(=O)O)s1. The smallest absolute Gasteiger partial charge is 0.305 e. The van der Waals surface area contributed by atoms with Gasteiger partial charge in [-0.3, -0.25) is 9.69 Å². The van der Waals surface area contributed by atoms with Gasteiger partial charge in [0.1, 0.15) is 5.01 Å². The Morgan fingerprint density at radius 3 is 3.09 bits per heavy atom. The highest BCUT2D eigenvalue weighted by Crippen LogP contribution is 2.29. The molecule has 0 radical (unpaired) electrons. The van der Waals surface area contributed by atoms with Crippen LogP contribution in [0.15, 0.2) is 30.5 Å². The third-order valence-corrected chi connectivity index (χ3v) is 5.06. The lowest BCUT2D eigenvalue weighted by Crippen LogP contribution is -2.45. The summed E-state index contributed by atoms with van der Waals surface area (Å²) in [5, 5.41) is 10.1. The molecule has 3 rings (SSSR count). The molecule has 2 heterocycles. The van der Waals surface area contributed by atoms with Gasteiger partial charge in [0, 0.05) is 35.8 Å². The minimum Gasteiger partial charge on any atom is -0.481 e. The second kappa shape index (κ2) is 7.21. The Hall–Kier alpha value is -1.76. The molecule has 5 nitrogen and oxygen atoms in total. The van der Waals surface area contributed by atoms with Gasteiger partial charge >= 0.3 is 5.97 Å². The van der Waals surface area contributed by atoms with Crippen LogP contribution in [0, 0.1) is 6.92 Å². The van der Waals surface area contributed by atoms with E-state index in [1.54, 1.807) is 11.3 Å². The number of nitrogens with zero attached hydrogens (tertiary/aromatic N) is 2. The fourth-order valence-corrected chi connectivity index (χ4v) is 3.83. The van der Waals surface area contributed by atoms with Crippen molar-refractivity contribution in [3.8, 4) is 10.6 Å². The predicted molar refractivity (Wildman–Crippen MR) is 89.6 cm³/mol. The molecular weight excluding hydrogens is 312 g/mol. The van der Waals surface area contributed by atoms with Crippen LogP contribution in [-0.4, -0.2) is 46.8 Å². The molecule has 1 aromatic carbocycles. The molecule has 0 bridgehead atoms. The van der Waals surface area contributed by atoms with Crippen molar-refractivity contribution in [1.29, 1.82) is 0 Å². The molecule has 1 aromatic heterocycles. The van der Waals surface area contributed by atoms with E-state index in [0.717, 1.165) is 28.5 Å². The summed E-state index contributed by atoms with van der Waals surface area (Å²) in [4.78, 5) is 18.9. The molecule has 0 amide bonds. The van der Waals surface area contributed by atoms with E-state index in [-0.39, 0.29) is 12.5 Å². The van der Waals surface area contributed by atoms with Gasteiger partial charge in [0.25, 0.3) is 0 Å². The fourth-order valence-electron chi connectivity index (χ4n) is 2.81. The highest BCUT2D eigenvalue weighted by atomic mass is 32.1. The van der Waals surface area contributed by atoms with Crippen LogP contribution in [0.1, 0.15) is 16.9 Å². The molecular formula is C17H20N2O3S. The van der Waals surface area contributed by atoms with Crippen LogP contribution in [0.3, 0.4) is 0 Å². The van der Waals surface area contributed by atoms with E-state index in [2.05, 4.69) is 28.9 Å². The van der Waals surface area contributed by atoms with Gasteiger partial charge in [-0.15, -0.1) is 11.3 Å². The standard InChI is InChI=1S/C17H20N2O3S/c1-12-4-2-3-5-15(12)17-18-9-14(23-17)10-19-6-7-22-11-13(19)8-16(20)21/h2-5,9,13H,6-8,10-11H2,1H3,(H,20,21)/t13-/m1/s1. The molecule has 1 atom stereocenters. The average molecular weight is 332 g/mol. The zero-order valence-electron chi connectivity index (χ0n) is 13.1. The van der Waals surface area contributed by atoms with Crippen LogP contribution in [0.4, 0.5) is 0 Å². The summed E-state index contributed by atoms with van der Waals surface area (Å²) in [6, 6.07) is 8.15. The summed E-state index contributed by atoms with van der Waals surface area (Å²) >= 11 is 1.67. The van der Waals surface area contributed by atoms with E-state index in [4.69, 9.17) is 9.84 Å². The van der Waals surface area contributed by atoms with Crippen LogP contribution in [0.25, 0.3) is 10.6 Å². The Morgan fingerprint density at radius 1 is 1.48 bits per heavy atom. The van der Waals surface area contributed by atoms with Crippen molar-refractivity contribution in [1.82, 2.24) is 9.88 Å². The van der Waals surface area contributed by atoms with Gasteiger partial charge in [-0.25, -0.2) is 4.98 Å². The van der Waals surface area contributed by atoms with Crippen LogP contribution < -0.4 is 0 Å². The third kappa shape index (κ3) is 3.96. The van der Waals surface area contributed by atoms with Crippen molar-refractivity contribution < 1.29 is 14.6 Å². The number of ether oxygens (including phenoxy) is 1. The first-order valence-electron chi connectivity index (χ1n) is 7.68. The summed E-state index contributed by atoms with van der Waals surface area (Å²) in [5.74, 6) is -0.782. The zero-order chi connectivity index (χ0) is 16.2. The highest BCUT2D eigenvalue weighted by molar-refractivity contribution is 7.15. The number of thiazole rings is 1. The van der Waals surface area contributed by atoms with Crippen molar-refractivity contribution in [2.24, 2.45) is 0 Å². The van der Waals surface area contributed by atoms with Gasteiger partial charge in [0.2, 0.25) is 0 Å². The Bertz CT molecular complexity index is 686. The molecule has 1 aliphatic heterocycles. The Morgan fingerprint density at radius 2 is 2.30 bits per heavy atom. The molecule has 1 aliphatic rings. The number of carboxylic acids is 1. The van der Waals surface area contributed by atoms with Crippen molar-refractivity contribution in [3.63, 3.8) is 0 Å². The molecule has 1 saturated heterocycles. The Kier molecular flexibility index (Phi) is 5.05. The number of hydrogen-bond donors (Lipinski definition) is 1. The number of hydrogen-bond acceptors (Lipinski definition) is 5. The molecule has 0 spiro atoms. The molecule has 1 fully saturated rings. The van der Waals surface area contributed by atoms with Gasteiger partial charge in [-0.05, 0) is 12.5 Å². The maximum atomic E-state index is 11.0. The van der Waals surface area contributed by atoms with Crippen LogP contribution >= 0.6 is 11.3 Å².